The molecule has 4 aliphatic carbocycles. The molecule has 8 rings (SSSR count). The molecule has 0 radical (unpaired) electrons. The van der Waals surface area contributed by atoms with Gasteiger partial charge in [0.15, 0.2) is 5.82 Å². The van der Waals surface area contributed by atoms with Crippen LogP contribution in [0.4, 0.5) is 5.82 Å². The Hall–Kier alpha value is -3.38. The van der Waals surface area contributed by atoms with Gasteiger partial charge in [0.1, 0.15) is 17.9 Å². The number of anilines is 1. The molecule has 3 heterocycles. The molecule has 2 bridgehead atoms. The lowest BCUT2D eigenvalue weighted by atomic mass is 9.51. The zero-order valence-corrected chi connectivity index (χ0v) is 29.4. The molecule has 1 atom stereocenters. The van der Waals surface area contributed by atoms with Crippen molar-refractivity contribution in [3.63, 3.8) is 0 Å². The third kappa shape index (κ3) is 6.87. The van der Waals surface area contributed by atoms with Crippen LogP contribution in [0.5, 0.6) is 5.75 Å². The van der Waals surface area contributed by atoms with Crippen LogP contribution in [-0.4, -0.2) is 86.1 Å². The fraction of sp³-hybridized carbons (Fsp3) is 0.632. The van der Waals surface area contributed by atoms with Crippen molar-refractivity contribution in [2.45, 2.75) is 115 Å². The van der Waals surface area contributed by atoms with Gasteiger partial charge in [0.05, 0.1) is 25.0 Å². The maximum atomic E-state index is 14.6. The van der Waals surface area contributed by atoms with E-state index in [0.717, 1.165) is 55.8 Å². The Kier molecular flexibility index (Phi) is 9.55. The minimum atomic E-state index is -1.01. The number of aliphatic hydroxyl groups is 2. The number of nitrogens with zero attached hydrogens (tertiary/aromatic N) is 6. The zero-order valence-electron chi connectivity index (χ0n) is 29.4. The molecule has 5 aliphatic rings. The van der Waals surface area contributed by atoms with Crippen LogP contribution in [0.2, 0.25) is 0 Å². The highest BCUT2D eigenvalue weighted by molar-refractivity contribution is 5.94. The highest BCUT2D eigenvalue weighted by atomic mass is 16.6. The number of carbonyl (C=O) groups is 1. The van der Waals surface area contributed by atoms with Crippen LogP contribution >= 0.6 is 0 Å². The van der Waals surface area contributed by atoms with Gasteiger partial charge in [-0.25, -0.2) is 14.6 Å². The molecule has 11 nitrogen and oxygen atoms in total. The van der Waals surface area contributed by atoms with E-state index in [-0.39, 0.29) is 34.7 Å². The quantitative estimate of drug-likeness (QED) is 0.263. The van der Waals surface area contributed by atoms with Crippen LogP contribution in [0.25, 0.3) is 5.69 Å². The number of pyridine rings is 1. The number of hydrogen-bond donors (Lipinski definition) is 2. The van der Waals surface area contributed by atoms with E-state index in [1.807, 2.05) is 17.0 Å². The Morgan fingerprint density at radius 1 is 1.02 bits per heavy atom. The number of β-amino-alcohol motifs (C(OH)–C–C–N with tert-alkyl or cyclic N) is 1. The number of rotatable bonds is 11. The van der Waals surface area contributed by atoms with Crippen LogP contribution in [0, 0.1) is 18.3 Å². The summed E-state index contributed by atoms with van der Waals surface area (Å²) in [5, 5.41) is 24.8. The van der Waals surface area contributed by atoms with E-state index in [1.54, 1.807) is 29.2 Å². The van der Waals surface area contributed by atoms with Gasteiger partial charge < -0.3 is 19.7 Å². The second-order valence-corrected chi connectivity index (χ2v) is 15.5. The van der Waals surface area contributed by atoms with Crippen LogP contribution in [0.15, 0.2) is 42.9 Å². The van der Waals surface area contributed by atoms with E-state index in [9.17, 15) is 15.0 Å². The summed E-state index contributed by atoms with van der Waals surface area (Å²) in [6.07, 6.45) is 11.4. The molecular formula is C38H52N6O5. The number of likely N-dealkylation sites (tertiary alicyclic amines) is 1. The smallest absolute Gasteiger partial charge is 0.231 e. The van der Waals surface area contributed by atoms with E-state index in [2.05, 4.69) is 44.0 Å². The van der Waals surface area contributed by atoms with E-state index in [4.69, 9.17) is 19.6 Å². The maximum absolute atomic E-state index is 14.6. The first-order chi connectivity index (χ1) is 23.6. The summed E-state index contributed by atoms with van der Waals surface area (Å²) >= 11 is 0. The molecule has 264 valence electrons. The normalized spacial score (nSPS) is 28.0. The second kappa shape index (κ2) is 13.7. The largest absolute Gasteiger partial charge is 0.496 e. The lowest BCUT2D eigenvalue weighted by Gasteiger charge is -2.55. The molecule has 0 spiro atoms. The van der Waals surface area contributed by atoms with Crippen molar-refractivity contribution in [1.82, 2.24) is 24.6 Å². The summed E-state index contributed by atoms with van der Waals surface area (Å²) in [6, 6.07) is 10.6. The number of hydrogen-bond acceptors (Lipinski definition) is 9. The Bertz CT molecular complexity index is 1600. The highest BCUT2D eigenvalue weighted by Crippen LogP contribution is 2.58. The molecule has 1 saturated heterocycles. The number of fused-ring (bicyclic) bond motifs is 3. The maximum Gasteiger partial charge on any atom is 0.231 e. The van der Waals surface area contributed by atoms with Gasteiger partial charge in [0, 0.05) is 43.7 Å². The number of benzene rings is 1. The number of aliphatic hydroxyl groups excluding tert-OH is 2. The van der Waals surface area contributed by atoms with Gasteiger partial charge in [-0.1, -0.05) is 26.0 Å². The average molecular weight is 673 g/mol. The van der Waals surface area contributed by atoms with Crippen molar-refractivity contribution in [1.29, 1.82) is 0 Å². The monoisotopic (exact) mass is 672 g/mol. The lowest BCUT2D eigenvalue weighted by Crippen LogP contribution is -2.57. The minimum absolute atomic E-state index is 0.0425. The van der Waals surface area contributed by atoms with Gasteiger partial charge in [-0.15, -0.1) is 0 Å². The van der Waals surface area contributed by atoms with E-state index in [1.165, 1.54) is 11.1 Å². The van der Waals surface area contributed by atoms with Crippen molar-refractivity contribution in [3.05, 3.63) is 59.8 Å². The zero-order chi connectivity index (χ0) is 34.3. The molecule has 1 unspecified atom stereocenters. The predicted molar refractivity (Wildman–Crippen MR) is 186 cm³/mol. The lowest BCUT2D eigenvalue weighted by molar-refractivity contribution is -0.254. The van der Waals surface area contributed by atoms with Crippen LogP contribution in [0.3, 0.4) is 0 Å². The van der Waals surface area contributed by atoms with E-state index >= 15 is 0 Å². The van der Waals surface area contributed by atoms with Gasteiger partial charge in [0.25, 0.3) is 0 Å². The Labute approximate surface area is 289 Å². The standard InChI is InChI=1S/C38H52N6O5/c1-25(2)34-40-24-44(41-34)29-11-18-39-33(20-29)43(35(46)27-5-8-31(9-6-27)49-36(47)42-21-30(45)22-42)23-37-12-15-38(16-13-37,17-14-37)28-7-10-32(48-4)26(3)19-28/h7,10-11,18-20,24-25,27,30-31,36,45,47H,5-6,8-9,12-17,21-23H2,1-4H3. The van der Waals surface area contributed by atoms with E-state index < -0.39 is 12.5 Å². The number of ether oxygens (including phenoxy) is 2. The van der Waals surface area contributed by atoms with Gasteiger partial charge >= 0.3 is 0 Å². The second-order valence-electron chi connectivity index (χ2n) is 15.5. The number of methoxy groups -OCH3 is 1. The molecule has 1 amide bonds. The predicted octanol–water partition coefficient (Wildman–Crippen LogP) is 5.26. The summed E-state index contributed by atoms with van der Waals surface area (Å²) < 4.78 is 13.3. The SMILES string of the molecule is COc1ccc(C23CCC(CN(C(=O)C4CCC(OC(O)N5CC(O)C5)CC4)c4cc(-n5cnc(C(C)C)n5)ccn4)(CC2)CC3)cc1C. The average Bonchev–Trinajstić information content (AvgIpc) is 3.61. The molecule has 1 aromatic carbocycles. The Morgan fingerprint density at radius 3 is 2.35 bits per heavy atom. The summed E-state index contributed by atoms with van der Waals surface area (Å²) in [5.74, 6) is 2.57. The number of carbonyl (C=O) groups excluding carboxylic acids is 1. The first-order valence-corrected chi connectivity index (χ1v) is 18.2. The molecular weight excluding hydrogens is 620 g/mol. The van der Waals surface area contributed by atoms with Gasteiger partial charge in [-0.3, -0.25) is 14.6 Å². The fourth-order valence-corrected chi connectivity index (χ4v) is 8.70. The van der Waals surface area contributed by atoms with Crippen molar-refractivity contribution < 1.29 is 24.5 Å². The molecule has 5 fully saturated rings. The molecule has 49 heavy (non-hydrogen) atoms. The summed E-state index contributed by atoms with van der Waals surface area (Å²) in [4.78, 5) is 27.6. The van der Waals surface area contributed by atoms with Crippen molar-refractivity contribution >= 4 is 11.7 Å². The van der Waals surface area contributed by atoms with Crippen LogP contribution in [0.1, 0.15) is 101 Å². The van der Waals surface area contributed by atoms with Crippen molar-refractivity contribution in [3.8, 4) is 11.4 Å². The number of aromatic nitrogens is 4. The molecule has 11 heteroatoms. The van der Waals surface area contributed by atoms with Gasteiger partial charge in [0.2, 0.25) is 12.3 Å². The summed E-state index contributed by atoms with van der Waals surface area (Å²) in [5.41, 5.74) is 3.67. The molecule has 2 aromatic heterocycles. The fourth-order valence-electron chi connectivity index (χ4n) is 8.70. The molecule has 1 aliphatic heterocycles. The molecule has 3 aromatic rings. The van der Waals surface area contributed by atoms with Crippen molar-refractivity contribution in [2.75, 3.05) is 31.6 Å². The molecule has 4 saturated carbocycles. The third-order valence-corrected chi connectivity index (χ3v) is 12.0. The Balaban J connectivity index is 1.09. The first-order valence-electron chi connectivity index (χ1n) is 18.2. The number of aryl methyl sites for hydroxylation is 1. The topological polar surface area (TPSA) is 126 Å². The minimum Gasteiger partial charge on any atom is -0.496 e. The van der Waals surface area contributed by atoms with Crippen LogP contribution in [-0.2, 0) is 14.9 Å². The van der Waals surface area contributed by atoms with Crippen LogP contribution < -0.4 is 9.64 Å². The third-order valence-electron chi connectivity index (χ3n) is 12.0. The van der Waals surface area contributed by atoms with Crippen molar-refractivity contribution in [2.24, 2.45) is 11.3 Å². The highest BCUT2D eigenvalue weighted by Gasteiger charge is 2.51. The van der Waals surface area contributed by atoms with Gasteiger partial charge in [-0.2, -0.15) is 5.10 Å². The number of amides is 1. The Morgan fingerprint density at radius 2 is 1.73 bits per heavy atom. The van der Waals surface area contributed by atoms with E-state index in [0.29, 0.717) is 51.1 Å². The summed E-state index contributed by atoms with van der Waals surface area (Å²) in [6.45, 7) is 7.78. The summed E-state index contributed by atoms with van der Waals surface area (Å²) in [7, 11) is 1.73. The first kappa shape index (κ1) is 34.1. The molecule has 2 N–H and O–H groups in total. The van der Waals surface area contributed by atoms with Gasteiger partial charge in [-0.05, 0) is 105 Å².